The van der Waals surface area contributed by atoms with Crippen molar-refractivity contribution >= 4 is 18.0 Å². The Morgan fingerprint density at radius 2 is 2.03 bits per heavy atom. The number of carbonyl (C=O) groups is 2. The van der Waals surface area contributed by atoms with Crippen LogP contribution >= 0.6 is 0 Å². The Morgan fingerprint density at radius 1 is 1.26 bits per heavy atom. The summed E-state index contributed by atoms with van der Waals surface area (Å²) in [7, 11) is 2.18. The lowest BCUT2D eigenvalue weighted by Gasteiger charge is -2.60. The van der Waals surface area contributed by atoms with E-state index in [1.807, 2.05) is 41.3 Å². The monoisotopic (exact) mass is 530 g/mol. The zero-order valence-corrected chi connectivity index (χ0v) is 23.2. The third kappa shape index (κ3) is 4.13. The molecule has 1 N–H and O–H groups in total. The molecule has 2 fully saturated rings. The lowest BCUT2D eigenvalue weighted by molar-refractivity contribution is -0.138. The summed E-state index contributed by atoms with van der Waals surface area (Å²) < 4.78 is 12.4. The Labute approximate surface area is 230 Å². The molecule has 5 atom stereocenters. The Morgan fingerprint density at radius 3 is 2.74 bits per heavy atom. The molecular weight excluding hydrogens is 492 g/mol. The van der Waals surface area contributed by atoms with Gasteiger partial charge in [0.2, 0.25) is 5.91 Å². The van der Waals surface area contributed by atoms with Gasteiger partial charge in [0.05, 0.1) is 6.04 Å². The van der Waals surface area contributed by atoms with Gasteiger partial charge in [-0.3, -0.25) is 9.59 Å². The third-order valence-corrected chi connectivity index (χ3v) is 9.37. The predicted molar refractivity (Wildman–Crippen MR) is 149 cm³/mol. The van der Waals surface area contributed by atoms with Crippen LogP contribution in [0, 0.1) is 11.8 Å². The van der Waals surface area contributed by atoms with Crippen LogP contribution in [-0.4, -0.2) is 65.1 Å². The first kappa shape index (κ1) is 25.9. The molecule has 1 saturated carbocycles. The predicted octanol–water partition coefficient (Wildman–Crippen LogP) is 4.55. The van der Waals surface area contributed by atoms with E-state index >= 15 is 0 Å². The van der Waals surface area contributed by atoms with Gasteiger partial charge in [-0.05, 0) is 62.8 Å². The molecule has 2 bridgehead atoms. The maximum absolute atomic E-state index is 13.8. The van der Waals surface area contributed by atoms with Crippen molar-refractivity contribution in [1.82, 2.24) is 9.80 Å². The molecular formula is C32H38N2O5. The molecule has 2 aliphatic heterocycles. The lowest BCUT2D eigenvalue weighted by Crippen LogP contribution is -2.68. The van der Waals surface area contributed by atoms with E-state index in [4.69, 9.17) is 9.47 Å². The molecule has 0 aromatic heterocycles. The molecule has 4 aliphatic rings. The largest absolute Gasteiger partial charge is 0.504 e. The molecule has 6 rings (SSSR count). The number of aromatic hydroxyl groups is 1. The van der Waals surface area contributed by atoms with Crippen LogP contribution in [0.5, 0.6) is 17.2 Å². The van der Waals surface area contributed by atoms with E-state index in [1.54, 1.807) is 6.08 Å². The van der Waals surface area contributed by atoms with Crippen molar-refractivity contribution in [3.05, 3.63) is 59.2 Å². The minimum atomic E-state index is -0.403. The molecule has 7 nitrogen and oxygen atoms in total. The zero-order valence-electron chi connectivity index (χ0n) is 23.2. The van der Waals surface area contributed by atoms with E-state index < -0.39 is 5.97 Å². The van der Waals surface area contributed by atoms with Crippen LogP contribution in [0.25, 0.3) is 6.08 Å². The minimum Gasteiger partial charge on any atom is -0.504 e. The molecule has 206 valence electrons. The lowest BCUT2D eigenvalue weighted by atomic mass is 9.51. The summed E-state index contributed by atoms with van der Waals surface area (Å²) >= 11 is 0. The number of nitrogens with zero attached hydrogens (tertiary/aromatic N) is 2. The van der Waals surface area contributed by atoms with Crippen molar-refractivity contribution in [2.24, 2.45) is 11.8 Å². The number of hydrogen-bond donors (Lipinski definition) is 1. The highest BCUT2D eigenvalue weighted by Crippen LogP contribution is 2.65. The van der Waals surface area contributed by atoms with Gasteiger partial charge in [-0.1, -0.05) is 44.2 Å². The van der Waals surface area contributed by atoms with Crippen molar-refractivity contribution in [2.45, 2.75) is 70.1 Å². The van der Waals surface area contributed by atoms with Gasteiger partial charge >= 0.3 is 5.97 Å². The molecule has 2 aliphatic carbocycles. The summed E-state index contributed by atoms with van der Waals surface area (Å²) in [6, 6.07) is 11.6. The number of likely N-dealkylation sites (tertiary alicyclic amines) is 1. The molecule has 0 radical (unpaired) electrons. The first-order valence-corrected chi connectivity index (χ1v) is 14.2. The van der Waals surface area contributed by atoms with E-state index in [1.165, 1.54) is 13.0 Å². The summed E-state index contributed by atoms with van der Waals surface area (Å²) in [6.07, 6.45) is 6.74. The highest BCUT2D eigenvalue weighted by molar-refractivity contribution is 5.92. The Bertz CT molecular complexity index is 1320. The van der Waals surface area contributed by atoms with Crippen LogP contribution in [0.2, 0.25) is 0 Å². The van der Waals surface area contributed by atoms with E-state index in [9.17, 15) is 14.7 Å². The van der Waals surface area contributed by atoms with Crippen molar-refractivity contribution in [2.75, 3.05) is 20.1 Å². The molecule has 2 heterocycles. The average Bonchev–Trinajstić information content (AvgIpc) is 3.25. The molecule has 2 aromatic carbocycles. The Hall–Kier alpha value is -3.32. The summed E-state index contributed by atoms with van der Waals surface area (Å²) in [5, 5.41) is 11.1. The average molecular weight is 531 g/mol. The molecule has 7 heteroatoms. The zero-order chi connectivity index (χ0) is 27.5. The fourth-order valence-corrected chi connectivity index (χ4v) is 7.94. The van der Waals surface area contributed by atoms with Gasteiger partial charge in [-0.15, -0.1) is 0 Å². The number of esters is 1. The standard InChI is InChI=1S/C32H38N2O5/c1-19(2)18-34(28(37)13-10-21-8-6-5-7-9-21)24-12-11-23-25-16-22-27(38-20(3)35)17-26(36)30-29(22)32(23,31(24)39-30)14-15-33(25)4/h5-10,13,17,19,23-25,31,36H,11-12,14-16,18H2,1-4H3/t23-,24-,25+,31-,32-/m0/s1. The van der Waals surface area contributed by atoms with E-state index in [0.29, 0.717) is 24.0 Å². The molecule has 1 saturated heterocycles. The summed E-state index contributed by atoms with van der Waals surface area (Å²) in [4.78, 5) is 30.2. The number of hydrogen-bond acceptors (Lipinski definition) is 6. The quantitative estimate of drug-likeness (QED) is 0.335. The van der Waals surface area contributed by atoms with Crippen LogP contribution in [0.1, 0.15) is 56.7 Å². The third-order valence-electron chi connectivity index (χ3n) is 9.37. The van der Waals surface area contributed by atoms with Gasteiger partial charge in [-0.25, -0.2) is 0 Å². The number of phenolic OH excluding ortho intramolecular Hbond substituents is 1. The number of ether oxygens (including phenoxy) is 2. The normalized spacial score (nSPS) is 28.7. The van der Waals surface area contributed by atoms with Gasteiger partial charge in [0, 0.05) is 48.2 Å². The summed E-state index contributed by atoms with van der Waals surface area (Å²) in [6.45, 7) is 7.20. The smallest absolute Gasteiger partial charge is 0.308 e. The fraction of sp³-hybridized carbons (Fsp3) is 0.500. The first-order valence-electron chi connectivity index (χ1n) is 14.2. The summed E-state index contributed by atoms with van der Waals surface area (Å²) in [5.41, 5.74) is 2.63. The summed E-state index contributed by atoms with van der Waals surface area (Å²) in [5.74, 6) is 1.17. The van der Waals surface area contributed by atoms with E-state index in [-0.39, 0.29) is 41.2 Å². The van der Waals surface area contributed by atoms with Crippen LogP contribution in [0.4, 0.5) is 0 Å². The Kier molecular flexibility index (Phi) is 6.45. The molecule has 39 heavy (non-hydrogen) atoms. The topological polar surface area (TPSA) is 79.3 Å². The maximum Gasteiger partial charge on any atom is 0.308 e. The highest BCUT2D eigenvalue weighted by atomic mass is 16.5. The minimum absolute atomic E-state index is 0.00867. The highest BCUT2D eigenvalue weighted by Gasteiger charge is 2.66. The fourth-order valence-electron chi connectivity index (χ4n) is 7.94. The van der Waals surface area contributed by atoms with Crippen molar-refractivity contribution in [3.63, 3.8) is 0 Å². The van der Waals surface area contributed by atoms with E-state index in [2.05, 4.69) is 25.8 Å². The van der Waals surface area contributed by atoms with Crippen molar-refractivity contribution < 1.29 is 24.2 Å². The molecule has 1 amide bonds. The second-order valence-electron chi connectivity index (χ2n) is 12.1. The van der Waals surface area contributed by atoms with Crippen LogP contribution in [-0.2, 0) is 21.4 Å². The molecule has 2 aromatic rings. The number of piperidine rings is 1. The second-order valence-corrected chi connectivity index (χ2v) is 12.1. The maximum atomic E-state index is 13.8. The van der Waals surface area contributed by atoms with E-state index in [0.717, 1.165) is 48.9 Å². The van der Waals surface area contributed by atoms with Gasteiger partial charge in [0.25, 0.3) is 0 Å². The van der Waals surface area contributed by atoms with Crippen LogP contribution in [0.3, 0.4) is 0 Å². The SMILES string of the molecule is CC(=O)Oc1cc(O)c2c3c1C[C@@H]1[C@@H]4CC[C@H](N(CC(C)C)C(=O)C=Cc5ccccc5)[C@H](O2)[C@]34CCN1C. The molecule has 0 unspecified atom stereocenters. The van der Waals surface area contributed by atoms with Crippen LogP contribution < -0.4 is 9.47 Å². The van der Waals surface area contributed by atoms with Crippen molar-refractivity contribution in [3.8, 4) is 17.2 Å². The Balaban J connectivity index is 1.43. The van der Waals surface area contributed by atoms with Gasteiger partial charge in [-0.2, -0.15) is 0 Å². The van der Waals surface area contributed by atoms with Gasteiger partial charge < -0.3 is 24.4 Å². The number of carbonyl (C=O) groups excluding carboxylic acids is 2. The van der Waals surface area contributed by atoms with Crippen molar-refractivity contribution in [1.29, 1.82) is 0 Å². The second kappa shape index (κ2) is 9.70. The number of amides is 1. The number of benzene rings is 2. The number of phenols is 1. The number of rotatable bonds is 6. The molecule has 1 spiro atoms. The van der Waals surface area contributed by atoms with Crippen LogP contribution in [0.15, 0.2) is 42.5 Å². The van der Waals surface area contributed by atoms with Gasteiger partial charge in [0.1, 0.15) is 11.9 Å². The number of likely N-dealkylation sites (N-methyl/N-ethyl adjacent to an activating group) is 1. The van der Waals surface area contributed by atoms with Gasteiger partial charge in [0.15, 0.2) is 11.5 Å². The first-order chi connectivity index (χ1) is 18.7.